The molecule has 0 amide bonds. The summed E-state index contributed by atoms with van der Waals surface area (Å²) >= 11 is 6.13. The predicted octanol–water partition coefficient (Wildman–Crippen LogP) is 3.97. The third-order valence-corrected chi connectivity index (χ3v) is 3.42. The lowest BCUT2D eigenvalue weighted by Gasteiger charge is -2.16. The molecule has 1 aromatic carbocycles. The molecule has 18 heavy (non-hydrogen) atoms. The van der Waals surface area contributed by atoms with E-state index in [1.165, 1.54) is 0 Å². The van der Waals surface area contributed by atoms with Crippen molar-refractivity contribution in [2.24, 2.45) is 5.92 Å². The lowest BCUT2D eigenvalue weighted by Crippen LogP contribution is -2.30. The second-order valence-corrected chi connectivity index (χ2v) is 5.73. The SMILES string of the molecule is Cc1cc(OCC(C)CNC(C)C)cc(C)c1Cl. The lowest BCUT2D eigenvalue weighted by atomic mass is 10.1. The molecule has 0 bridgehead atoms. The van der Waals surface area contributed by atoms with Crippen LogP contribution in [0.5, 0.6) is 5.75 Å². The van der Waals surface area contributed by atoms with E-state index in [-0.39, 0.29) is 0 Å². The van der Waals surface area contributed by atoms with Gasteiger partial charge in [0.2, 0.25) is 0 Å². The van der Waals surface area contributed by atoms with Crippen molar-refractivity contribution in [1.29, 1.82) is 0 Å². The number of benzene rings is 1. The summed E-state index contributed by atoms with van der Waals surface area (Å²) in [5.74, 6) is 1.40. The summed E-state index contributed by atoms with van der Waals surface area (Å²) in [6, 6.07) is 4.52. The maximum atomic E-state index is 6.13. The second kappa shape index (κ2) is 7.01. The molecule has 0 aliphatic carbocycles. The zero-order chi connectivity index (χ0) is 13.7. The van der Waals surface area contributed by atoms with Gasteiger partial charge in [0.1, 0.15) is 5.75 Å². The van der Waals surface area contributed by atoms with Crippen molar-refractivity contribution in [2.75, 3.05) is 13.2 Å². The summed E-state index contributed by atoms with van der Waals surface area (Å²) < 4.78 is 5.82. The lowest BCUT2D eigenvalue weighted by molar-refractivity contribution is 0.253. The molecule has 1 atom stereocenters. The Kier molecular flexibility index (Phi) is 5.97. The Morgan fingerprint density at radius 1 is 1.17 bits per heavy atom. The molecule has 0 saturated heterocycles. The van der Waals surface area contributed by atoms with Gasteiger partial charge in [0, 0.05) is 23.5 Å². The Bertz CT molecular complexity index is 367. The van der Waals surface area contributed by atoms with E-state index >= 15 is 0 Å². The minimum absolute atomic E-state index is 0.490. The number of nitrogens with one attached hydrogen (secondary N) is 1. The summed E-state index contributed by atoms with van der Waals surface area (Å²) in [6.07, 6.45) is 0. The van der Waals surface area contributed by atoms with Gasteiger partial charge in [0.05, 0.1) is 6.61 Å². The van der Waals surface area contributed by atoms with Crippen LogP contribution in [0.3, 0.4) is 0 Å². The Morgan fingerprint density at radius 2 is 1.72 bits per heavy atom. The average molecular weight is 270 g/mol. The zero-order valence-electron chi connectivity index (χ0n) is 12.0. The zero-order valence-corrected chi connectivity index (χ0v) is 12.8. The van der Waals surface area contributed by atoms with Gasteiger partial charge < -0.3 is 10.1 Å². The molecule has 0 fully saturated rings. The van der Waals surface area contributed by atoms with Gasteiger partial charge in [-0.2, -0.15) is 0 Å². The first-order chi connectivity index (χ1) is 8.40. The van der Waals surface area contributed by atoms with Crippen molar-refractivity contribution in [1.82, 2.24) is 5.32 Å². The van der Waals surface area contributed by atoms with Crippen LogP contribution in [-0.2, 0) is 0 Å². The number of halogens is 1. The summed E-state index contributed by atoms with van der Waals surface area (Å²) in [5, 5.41) is 4.24. The summed E-state index contributed by atoms with van der Waals surface area (Å²) in [5.41, 5.74) is 2.14. The highest BCUT2D eigenvalue weighted by Gasteiger charge is 2.07. The Morgan fingerprint density at radius 3 is 2.22 bits per heavy atom. The molecule has 1 aromatic rings. The van der Waals surface area contributed by atoms with Crippen molar-refractivity contribution in [3.8, 4) is 5.75 Å². The van der Waals surface area contributed by atoms with Gasteiger partial charge in [-0.1, -0.05) is 32.4 Å². The van der Waals surface area contributed by atoms with E-state index in [4.69, 9.17) is 16.3 Å². The summed E-state index contributed by atoms with van der Waals surface area (Å²) in [7, 11) is 0. The van der Waals surface area contributed by atoms with E-state index < -0.39 is 0 Å². The molecule has 0 spiro atoms. The van der Waals surface area contributed by atoms with Crippen molar-refractivity contribution >= 4 is 11.6 Å². The monoisotopic (exact) mass is 269 g/mol. The molecule has 1 rings (SSSR count). The number of hydrogen-bond acceptors (Lipinski definition) is 2. The summed E-state index contributed by atoms with van der Waals surface area (Å²) in [6.45, 7) is 12.2. The summed E-state index contributed by atoms with van der Waals surface area (Å²) in [4.78, 5) is 0. The molecule has 0 saturated carbocycles. The molecular formula is C15H24ClNO. The fourth-order valence-electron chi connectivity index (χ4n) is 1.72. The van der Waals surface area contributed by atoms with Crippen LogP contribution < -0.4 is 10.1 Å². The number of aryl methyl sites for hydroxylation is 2. The Hall–Kier alpha value is -0.730. The van der Waals surface area contributed by atoms with Crippen molar-refractivity contribution in [2.45, 2.75) is 40.7 Å². The average Bonchev–Trinajstić information content (AvgIpc) is 2.30. The van der Waals surface area contributed by atoms with Crippen molar-refractivity contribution in [3.63, 3.8) is 0 Å². The van der Waals surface area contributed by atoms with Crippen LogP contribution in [0.4, 0.5) is 0 Å². The van der Waals surface area contributed by atoms with E-state index in [0.717, 1.165) is 35.1 Å². The molecular weight excluding hydrogens is 246 g/mol. The largest absolute Gasteiger partial charge is 0.493 e. The van der Waals surface area contributed by atoms with Gasteiger partial charge in [0.15, 0.2) is 0 Å². The molecule has 2 nitrogen and oxygen atoms in total. The highest BCUT2D eigenvalue weighted by atomic mass is 35.5. The highest BCUT2D eigenvalue weighted by Crippen LogP contribution is 2.26. The molecule has 102 valence electrons. The van der Waals surface area contributed by atoms with Crippen LogP contribution in [-0.4, -0.2) is 19.2 Å². The first-order valence-electron chi connectivity index (χ1n) is 6.53. The smallest absolute Gasteiger partial charge is 0.119 e. The molecule has 0 aliphatic heterocycles. The quantitative estimate of drug-likeness (QED) is 0.844. The minimum Gasteiger partial charge on any atom is -0.493 e. The molecule has 0 heterocycles. The van der Waals surface area contributed by atoms with Crippen molar-refractivity contribution < 1.29 is 4.74 Å². The maximum absolute atomic E-state index is 6.13. The normalized spacial score (nSPS) is 12.8. The Labute approximate surface area is 116 Å². The van der Waals surface area contributed by atoms with Gasteiger partial charge in [-0.15, -0.1) is 0 Å². The van der Waals surface area contributed by atoms with Crippen LogP contribution in [0.15, 0.2) is 12.1 Å². The second-order valence-electron chi connectivity index (χ2n) is 5.35. The highest BCUT2D eigenvalue weighted by molar-refractivity contribution is 6.32. The predicted molar refractivity (Wildman–Crippen MR) is 78.7 cm³/mol. The standard InChI is InChI=1S/C15H24ClNO/c1-10(2)17-8-11(3)9-18-14-6-12(4)15(16)13(5)7-14/h6-7,10-11,17H,8-9H2,1-5H3. The van der Waals surface area contributed by atoms with Gasteiger partial charge in [-0.05, 0) is 37.1 Å². The van der Waals surface area contributed by atoms with E-state index in [0.29, 0.717) is 12.0 Å². The molecule has 3 heteroatoms. The molecule has 0 aromatic heterocycles. The fraction of sp³-hybridized carbons (Fsp3) is 0.600. The van der Waals surface area contributed by atoms with Gasteiger partial charge in [-0.25, -0.2) is 0 Å². The molecule has 1 unspecified atom stereocenters. The van der Waals surface area contributed by atoms with E-state index in [9.17, 15) is 0 Å². The Balaban J connectivity index is 2.48. The van der Waals surface area contributed by atoms with E-state index in [2.05, 4.69) is 26.1 Å². The number of hydrogen-bond donors (Lipinski definition) is 1. The van der Waals surface area contributed by atoms with Gasteiger partial charge in [0.25, 0.3) is 0 Å². The molecule has 1 N–H and O–H groups in total. The van der Waals surface area contributed by atoms with Crippen LogP contribution >= 0.6 is 11.6 Å². The minimum atomic E-state index is 0.490. The van der Waals surface area contributed by atoms with E-state index in [1.807, 2.05) is 26.0 Å². The first-order valence-corrected chi connectivity index (χ1v) is 6.91. The number of ether oxygens (including phenoxy) is 1. The number of rotatable bonds is 6. The molecule has 0 aliphatic rings. The van der Waals surface area contributed by atoms with Crippen LogP contribution in [0.1, 0.15) is 31.9 Å². The van der Waals surface area contributed by atoms with Crippen LogP contribution in [0.25, 0.3) is 0 Å². The van der Waals surface area contributed by atoms with Crippen LogP contribution in [0, 0.1) is 19.8 Å². The molecule has 0 radical (unpaired) electrons. The van der Waals surface area contributed by atoms with Gasteiger partial charge in [-0.3, -0.25) is 0 Å². The fourth-order valence-corrected chi connectivity index (χ4v) is 1.83. The van der Waals surface area contributed by atoms with Crippen LogP contribution in [0.2, 0.25) is 5.02 Å². The maximum Gasteiger partial charge on any atom is 0.119 e. The van der Waals surface area contributed by atoms with Crippen molar-refractivity contribution in [3.05, 3.63) is 28.3 Å². The van der Waals surface area contributed by atoms with Gasteiger partial charge >= 0.3 is 0 Å². The third kappa shape index (κ3) is 4.87. The first kappa shape index (κ1) is 15.3. The third-order valence-electron chi connectivity index (χ3n) is 2.82. The topological polar surface area (TPSA) is 21.3 Å². The van der Waals surface area contributed by atoms with E-state index in [1.54, 1.807) is 0 Å².